The molecule has 108 valence electrons. The largest absolute Gasteiger partial charge is 0.383 e. The molecule has 0 unspecified atom stereocenters. The van der Waals surface area contributed by atoms with Crippen LogP contribution >= 0.6 is 11.6 Å². The van der Waals surface area contributed by atoms with E-state index in [2.05, 4.69) is 5.10 Å². The van der Waals surface area contributed by atoms with Gasteiger partial charge in [0.15, 0.2) is 12.6 Å². The summed E-state index contributed by atoms with van der Waals surface area (Å²) < 4.78 is 1.44. The lowest BCUT2D eigenvalue weighted by Crippen LogP contribution is -2.05. The van der Waals surface area contributed by atoms with E-state index in [0.29, 0.717) is 23.8 Å². The van der Waals surface area contributed by atoms with Gasteiger partial charge in [-0.2, -0.15) is 5.10 Å². The maximum Gasteiger partial charge on any atom is 0.155 e. The quantitative estimate of drug-likeness (QED) is 0.629. The highest BCUT2D eigenvalue weighted by molar-refractivity contribution is 6.33. The predicted octanol–water partition coefficient (Wildman–Crippen LogP) is 2.44. The summed E-state index contributed by atoms with van der Waals surface area (Å²) in [6, 6.07) is 9.17. The molecule has 2 rings (SSSR count). The van der Waals surface area contributed by atoms with E-state index in [4.69, 9.17) is 11.6 Å². The van der Waals surface area contributed by atoms with Crippen LogP contribution in [0, 0.1) is 0 Å². The van der Waals surface area contributed by atoms with Crippen LogP contribution in [0.2, 0.25) is 5.15 Å². The molecule has 5 nitrogen and oxygen atoms in total. The molecule has 0 atom stereocenters. The van der Waals surface area contributed by atoms with Crippen molar-refractivity contribution in [2.75, 3.05) is 14.1 Å². The maximum absolute atomic E-state index is 11.3. The number of hydrogen-bond donors (Lipinski definition) is 0. The minimum Gasteiger partial charge on any atom is -0.383 e. The number of allylic oxidation sites excluding steroid dienone is 1. The second-order valence-corrected chi connectivity index (χ2v) is 4.94. The molecule has 6 heteroatoms. The van der Waals surface area contributed by atoms with E-state index < -0.39 is 0 Å². The summed E-state index contributed by atoms with van der Waals surface area (Å²) in [5.74, 6) is 0. The number of benzene rings is 1. The molecule has 0 aliphatic rings. The van der Waals surface area contributed by atoms with Crippen molar-refractivity contribution in [3.63, 3.8) is 0 Å². The summed E-state index contributed by atoms with van der Waals surface area (Å²) in [6.07, 6.45) is 2.85. The monoisotopic (exact) mass is 303 g/mol. The minimum atomic E-state index is 0.178. The van der Waals surface area contributed by atoms with Crippen molar-refractivity contribution in [2.45, 2.75) is 0 Å². The predicted molar refractivity (Wildman–Crippen MR) is 81.7 cm³/mol. The van der Waals surface area contributed by atoms with E-state index in [1.54, 1.807) is 25.2 Å². The molecule has 0 amide bonds. The Hall–Kier alpha value is -2.40. The van der Waals surface area contributed by atoms with Gasteiger partial charge in [-0.15, -0.1) is 0 Å². The molecule has 0 saturated carbocycles. The van der Waals surface area contributed by atoms with Gasteiger partial charge in [-0.25, -0.2) is 4.68 Å². The van der Waals surface area contributed by atoms with Gasteiger partial charge in [0.25, 0.3) is 0 Å². The van der Waals surface area contributed by atoms with Crippen molar-refractivity contribution in [3.05, 3.63) is 52.9 Å². The molecule has 0 aliphatic carbocycles. The molecule has 1 heterocycles. The van der Waals surface area contributed by atoms with Crippen LogP contribution in [-0.4, -0.2) is 41.3 Å². The average Bonchev–Trinajstić information content (AvgIpc) is 2.82. The molecule has 0 spiro atoms. The average molecular weight is 304 g/mol. The Kier molecular flexibility index (Phi) is 4.55. The zero-order valence-electron chi connectivity index (χ0n) is 11.7. The van der Waals surface area contributed by atoms with Gasteiger partial charge in [0.05, 0.1) is 16.8 Å². The molecule has 0 radical (unpaired) electrons. The molecule has 0 aliphatic heterocycles. The summed E-state index contributed by atoms with van der Waals surface area (Å²) in [5, 5.41) is 4.48. The summed E-state index contributed by atoms with van der Waals surface area (Å²) in [4.78, 5) is 24.3. The van der Waals surface area contributed by atoms with Crippen molar-refractivity contribution in [3.8, 4) is 5.69 Å². The Balaban J connectivity index is 2.64. The zero-order chi connectivity index (χ0) is 15.4. The number of carbonyl (C=O) groups is 2. The number of carbonyl (C=O) groups excluding carboxylic acids is 2. The highest BCUT2D eigenvalue weighted by atomic mass is 35.5. The van der Waals surface area contributed by atoms with Gasteiger partial charge in [-0.1, -0.05) is 29.8 Å². The number of halogens is 1. The lowest BCUT2D eigenvalue weighted by molar-refractivity contribution is -0.103. The number of nitrogens with zero attached hydrogens (tertiary/aromatic N) is 3. The Morgan fingerprint density at radius 3 is 2.43 bits per heavy atom. The molecule has 0 N–H and O–H groups in total. The first-order chi connectivity index (χ1) is 10.1. The first kappa shape index (κ1) is 15.0. The highest BCUT2D eigenvalue weighted by Crippen LogP contribution is 2.26. The van der Waals surface area contributed by atoms with Crippen LogP contribution in [0.15, 0.2) is 36.5 Å². The Bertz CT molecular complexity index is 690. The summed E-state index contributed by atoms with van der Waals surface area (Å²) >= 11 is 6.21. The van der Waals surface area contributed by atoms with Crippen LogP contribution in [0.5, 0.6) is 0 Å². The first-order valence-corrected chi connectivity index (χ1v) is 6.59. The lowest BCUT2D eigenvalue weighted by atomic mass is 10.1. The molecular weight excluding hydrogens is 290 g/mol. The number of hydrogen-bond acceptors (Lipinski definition) is 4. The normalized spacial score (nSPS) is 11.3. The first-order valence-electron chi connectivity index (χ1n) is 6.21. The molecule has 2 aromatic rings. The van der Waals surface area contributed by atoms with E-state index in [0.717, 1.165) is 0 Å². The fourth-order valence-electron chi connectivity index (χ4n) is 1.89. The van der Waals surface area contributed by atoms with Crippen LogP contribution < -0.4 is 0 Å². The second-order valence-electron chi connectivity index (χ2n) is 4.58. The standard InChI is InChI=1S/C15H14ClN3O2/c1-18(2)8-11(9-20)14-13(10-21)15(16)19(17-14)12-6-4-3-5-7-12/h3-10H,1-2H3/b11-8+. The summed E-state index contributed by atoms with van der Waals surface area (Å²) in [5.41, 5.74) is 1.47. The molecule has 0 bridgehead atoms. The van der Waals surface area contributed by atoms with Crippen LogP contribution in [-0.2, 0) is 4.79 Å². The Morgan fingerprint density at radius 2 is 1.90 bits per heavy atom. The van der Waals surface area contributed by atoms with Gasteiger partial charge in [0.1, 0.15) is 10.8 Å². The second kappa shape index (κ2) is 6.37. The van der Waals surface area contributed by atoms with Crippen LogP contribution in [0.25, 0.3) is 11.3 Å². The van der Waals surface area contributed by atoms with E-state index in [-0.39, 0.29) is 16.4 Å². The SMILES string of the molecule is CN(C)/C=C(\C=O)c1nn(-c2ccccc2)c(Cl)c1C=O. The van der Waals surface area contributed by atoms with E-state index in [9.17, 15) is 9.59 Å². The van der Waals surface area contributed by atoms with E-state index in [1.807, 2.05) is 30.3 Å². The van der Waals surface area contributed by atoms with E-state index in [1.165, 1.54) is 4.68 Å². The third-order valence-electron chi connectivity index (χ3n) is 2.78. The minimum absolute atomic E-state index is 0.178. The molecular formula is C15H14ClN3O2. The van der Waals surface area contributed by atoms with E-state index >= 15 is 0 Å². The molecule has 1 aromatic carbocycles. The zero-order valence-corrected chi connectivity index (χ0v) is 12.4. The highest BCUT2D eigenvalue weighted by Gasteiger charge is 2.19. The van der Waals surface area contributed by atoms with Gasteiger partial charge in [0, 0.05) is 20.3 Å². The number of rotatable bonds is 5. The van der Waals surface area contributed by atoms with Crippen molar-refractivity contribution >= 4 is 29.7 Å². The van der Waals surface area contributed by atoms with Crippen molar-refractivity contribution in [1.82, 2.24) is 14.7 Å². The van der Waals surface area contributed by atoms with Crippen LogP contribution in [0.3, 0.4) is 0 Å². The maximum atomic E-state index is 11.3. The lowest BCUT2D eigenvalue weighted by Gasteiger charge is -2.06. The molecule has 0 fully saturated rings. The Labute approximate surface area is 127 Å². The van der Waals surface area contributed by atoms with Gasteiger partial charge in [-0.05, 0) is 12.1 Å². The topological polar surface area (TPSA) is 55.2 Å². The number of para-hydroxylation sites is 1. The third kappa shape index (κ3) is 3.03. The molecule has 1 aromatic heterocycles. The number of aromatic nitrogens is 2. The van der Waals surface area contributed by atoms with Crippen molar-refractivity contribution in [1.29, 1.82) is 0 Å². The van der Waals surface area contributed by atoms with Crippen molar-refractivity contribution in [2.24, 2.45) is 0 Å². The summed E-state index contributed by atoms with van der Waals surface area (Å²) in [6.45, 7) is 0. The fourth-order valence-corrected chi connectivity index (χ4v) is 2.16. The fraction of sp³-hybridized carbons (Fsp3) is 0.133. The van der Waals surface area contributed by atoms with Crippen LogP contribution in [0.4, 0.5) is 0 Å². The van der Waals surface area contributed by atoms with Gasteiger partial charge in [-0.3, -0.25) is 9.59 Å². The third-order valence-corrected chi connectivity index (χ3v) is 3.14. The molecule has 21 heavy (non-hydrogen) atoms. The Morgan fingerprint density at radius 1 is 1.24 bits per heavy atom. The van der Waals surface area contributed by atoms with Gasteiger partial charge < -0.3 is 4.90 Å². The van der Waals surface area contributed by atoms with Gasteiger partial charge >= 0.3 is 0 Å². The van der Waals surface area contributed by atoms with Gasteiger partial charge in [0.2, 0.25) is 0 Å². The smallest absolute Gasteiger partial charge is 0.155 e. The van der Waals surface area contributed by atoms with Crippen LogP contribution in [0.1, 0.15) is 16.1 Å². The number of aldehydes is 2. The summed E-state index contributed by atoms with van der Waals surface area (Å²) in [7, 11) is 3.56. The van der Waals surface area contributed by atoms with Crippen molar-refractivity contribution < 1.29 is 9.59 Å². The molecule has 0 saturated heterocycles.